The van der Waals surface area contributed by atoms with Crippen LogP contribution in [0.5, 0.6) is 0 Å². The Morgan fingerprint density at radius 2 is 2.05 bits per heavy atom. The van der Waals surface area contributed by atoms with Gasteiger partial charge in [-0.15, -0.1) is 0 Å². The van der Waals surface area contributed by atoms with E-state index in [-0.39, 0.29) is 6.04 Å². The van der Waals surface area contributed by atoms with Crippen molar-refractivity contribution in [2.24, 2.45) is 18.7 Å². The van der Waals surface area contributed by atoms with Crippen molar-refractivity contribution in [1.29, 1.82) is 0 Å². The molecule has 0 radical (unpaired) electrons. The Bertz CT molecular complexity index is 460. The van der Waals surface area contributed by atoms with E-state index >= 15 is 0 Å². The van der Waals surface area contributed by atoms with Crippen molar-refractivity contribution in [3.05, 3.63) is 11.3 Å². The van der Waals surface area contributed by atoms with Crippen LogP contribution in [0.4, 0.5) is 5.82 Å². The predicted molar refractivity (Wildman–Crippen MR) is 89.7 cm³/mol. The molecule has 0 aliphatic heterocycles. The van der Waals surface area contributed by atoms with Crippen LogP contribution < -0.4 is 10.6 Å². The Balaban J connectivity index is 2.26. The summed E-state index contributed by atoms with van der Waals surface area (Å²) in [5, 5.41) is 4.68. The molecule has 1 heterocycles. The fraction of sp³-hybridized carbons (Fsp3) is 0.824. The van der Waals surface area contributed by atoms with Gasteiger partial charge >= 0.3 is 0 Å². The van der Waals surface area contributed by atoms with Crippen LogP contribution in [0.3, 0.4) is 0 Å². The Morgan fingerprint density at radius 3 is 2.57 bits per heavy atom. The number of nitrogens with two attached hydrogens (primary N) is 1. The van der Waals surface area contributed by atoms with Crippen LogP contribution in [0.25, 0.3) is 0 Å². The Morgan fingerprint density at radius 1 is 1.38 bits per heavy atom. The second-order valence-electron chi connectivity index (χ2n) is 6.99. The average Bonchev–Trinajstić information content (AvgIpc) is 3.20. The lowest BCUT2D eigenvalue weighted by Gasteiger charge is -2.27. The van der Waals surface area contributed by atoms with Crippen molar-refractivity contribution in [1.82, 2.24) is 9.78 Å². The average molecular weight is 292 g/mol. The largest absolute Gasteiger partial charge is 0.354 e. The first-order valence-corrected chi connectivity index (χ1v) is 8.48. The quantitative estimate of drug-likeness (QED) is 0.801. The zero-order valence-electron chi connectivity index (χ0n) is 14.4. The highest BCUT2D eigenvalue weighted by Crippen LogP contribution is 2.35. The van der Waals surface area contributed by atoms with Gasteiger partial charge < -0.3 is 10.6 Å². The maximum atomic E-state index is 6.21. The Labute approximate surface area is 129 Å². The third-order valence-electron chi connectivity index (χ3n) is 4.51. The highest BCUT2D eigenvalue weighted by Gasteiger charge is 2.33. The maximum absolute atomic E-state index is 6.21. The third-order valence-corrected chi connectivity index (χ3v) is 4.51. The Hall–Kier alpha value is -1.03. The van der Waals surface area contributed by atoms with Crippen molar-refractivity contribution in [2.45, 2.75) is 71.9 Å². The van der Waals surface area contributed by atoms with Gasteiger partial charge in [0.1, 0.15) is 5.82 Å². The standard InChI is InChI=1S/C17H32N4/c1-6-14(18)11-16-13(4)19-20(5)17(16)21(15-7-8-15)10-9-12(2)3/h12,14-15H,6-11,18H2,1-5H3. The van der Waals surface area contributed by atoms with Gasteiger partial charge in [0.2, 0.25) is 0 Å². The number of rotatable bonds is 8. The topological polar surface area (TPSA) is 47.1 Å². The number of anilines is 1. The monoisotopic (exact) mass is 292 g/mol. The van der Waals surface area contributed by atoms with E-state index in [9.17, 15) is 0 Å². The van der Waals surface area contributed by atoms with Crippen LogP contribution in [0.1, 0.15) is 57.7 Å². The summed E-state index contributed by atoms with van der Waals surface area (Å²) in [6.07, 6.45) is 5.84. The van der Waals surface area contributed by atoms with Gasteiger partial charge in [0, 0.05) is 31.2 Å². The molecule has 1 aromatic rings. The second kappa shape index (κ2) is 6.82. The molecule has 2 rings (SSSR count). The van der Waals surface area contributed by atoms with Gasteiger partial charge in [-0.1, -0.05) is 20.8 Å². The smallest absolute Gasteiger partial charge is 0.130 e. The molecule has 1 fully saturated rings. The lowest BCUT2D eigenvalue weighted by Crippen LogP contribution is -2.31. The summed E-state index contributed by atoms with van der Waals surface area (Å²) in [5.41, 5.74) is 8.72. The number of aryl methyl sites for hydroxylation is 2. The molecule has 0 saturated heterocycles. The molecule has 1 atom stereocenters. The third kappa shape index (κ3) is 4.00. The lowest BCUT2D eigenvalue weighted by atomic mass is 10.0. The van der Waals surface area contributed by atoms with Gasteiger partial charge in [0.15, 0.2) is 0 Å². The summed E-state index contributed by atoms with van der Waals surface area (Å²) in [4.78, 5) is 2.59. The van der Waals surface area contributed by atoms with E-state index in [0.29, 0.717) is 0 Å². The highest BCUT2D eigenvalue weighted by atomic mass is 15.4. The molecule has 0 amide bonds. The SMILES string of the molecule is CCC(N)Cc1c(C)nn(C)c1N(CCC(C)C)C1CC1. The van der Waals surface area contributed by atoms with Gasteiger partial charge in [-0.2, -0.15) is 5.10 Å². The van der Waals surface area contributed by atoms with E-state index in [2.05, 4.69) is 49.4 Å². The number of hydrogen-bond acceptors (Lipinski definition) is 3. The molecule has 120 valence electrons. The number of hydrogen-bond donors (Lipinski definition) is 1. The minimum atomic E-state index is 0.234. The molecule has 0 aromatic carbocycles. The molecular weight excluding hydrogens is 260 g/mol. The van der Waals surface area contributed by atoms with Gasteiger partial charge in [-0.05, 0) is 44.9 Å². The number of aromatic nitrogens is 2. The summed E-state index contributed by atoms with van der Waals surface area (Å²) in [6, 6.07) is 0.952. The van der Waals surface area contributed by atoms with Crippen molar-refractivity contribution in [3.8, 4) is 0 Å². The normalized spacial score (nSPS) is 16.5. The Kier molecular flexibility index (Phi) is 5.31. The molecule has 1 aromatic heterocycles. The summed E-state index contributed by atoms with van der Waals surface area (Å²) in [7, 11) is 2.08. The minimum Gasteiger partial charge on any atom is -0.354 e. The predicted octanol–water partition coefficient (Wildman–Crippen LogP) is 3.02. The van der Waals surface area contributed by atoms with Crippen LogP contribution in [0, 0.1) is 12.8 Å². The molecule has 1 aliphatic carbocycles. The van der Waals surface area contributed by atoms with Crippen LogP contribution in [0.2, 0.25) is 0 Å². The molecule has 21 heavy (non-hydrogen) atoms. The molecule has 4 nitrogen and oxygen atoms in total. The zero-order chi connectivity index (χ0) is 15.6. The molecule has 1 saturated carbocycles. The van der Waals surface area contributed by atoms with Crippen molar-refractivity contribution >= 4 is 5.82 Å². The highest BCUT2D eigenvalue weighted by molar-refractivity contribution is 5.52. The fourth-order valence-electron chi connectivity index (χ4n) is 2.94. The second-order valence-corrected chi connectivity index (χ2v) is 6.99. The molecule has 0 bridgehead atoms. The van der Waals surface area contributed by atoms with Gasteiger partial charge in [0.05, 0.1) is 5.69 Å². The first-order valence-electron chi connectivity index (χ1n) is 8.48. The molecule has 4 heteroatoms. The van der Waals surface area contributed by atoms with Crippen LogP contribution in [0.15, 0.2) is 0 Å². The summed E-state index contributed by atoms with van der Waals surface area (Å²) in [6.45, 7) is 10.0. The van der Waals surface area contributed by atoms with E-state index in [0.717, 1.165) is 37.0 Å². The first-order chi connectivity index (χ1) is 9.93. The van der Waals surface area contributed by atoms with Gasteiger partial charge in [0.25, 0.3) is 0 Å². The first kappa shape index (κ1) is 16.3. The fourth-order valence-corrected chi connectivity index (χ4v) is 2.94. The van der Waals surface area contributed by atoms with E-state index in [1.54, 1.807) is 0 Å². The zero-order valence-corrected chi connectivity index (χ0v) is 14.4. The van der Waals surface area contributed by atoms with Crippen molar-refractivity contribution in [3.63, 3.8) is 0 Å². The lowest BCUT2D eigenvalue weighted by molar-refractivity contribution is 0.559. The molecular formula is C17H32N4. The van der Waals surface area contributed by atoms with Gasteiger partial charge in [-0.3, -0.25) is 4.68 Å². The number of nitrogens with zero attached hydrogens (tertiary/aromatic N) is 3. The van der Waals surface area contributed by atoms with E-state index in [1.165, 1.54) is 30.6 Å². The van der Waals surface area contributed by atoms with Crippen molar-refractivity contribution in [2.75, 3.05) is 11.4 Å². The molecule has 1 aliphatic rings. The van der Waals surface area contributed by atoms with Crippen LogP contribution in [-0.2, 0) is 13.5 Å². The summed E-state index contributed by atoms with van der Waals surface area (Å²) < 4.78 is 2.08. The van der Waals surface area contributed by atoms with Gasteiger partial charge in [-0.25, -0.2) is 0 Å². The van der Waals surface area contributed by atoms with Crippen LogP contribution in [-0.4, -0.2) is 28.4 Å². The molecule has 0 spiro atoms. The molecule has 1 unspecified atom stereocenters. The van der Waals surface area contributed by atoms with E-state index < -0.39 is 0 Å². The minimum absolute atomic E-state index is 0.234. The summed E-state index contributed by atoms with van der Waals surface area (Å²) in [5.74, 6) is 2.06. The van der Waals surface area contributed by atoms with Crippen LogP contribution >= 0.6 is 0 Å². The van der Waals surface area contributed by atoms with Crippen molar-refractivity contribution < 1.29 is 0 Å². The summed E-state index contributed by atoms with van der Waals surface area (Å²) >= 11 is 0. The van der Waals surface area contributed by atoms with E-state index in [4.69, 9.17) is 5.73 Å². The molecule has 2 N–H and O–H groups in total. The maximum Gasteiger partial charge on any atom is 0.130 e. The van der Waals surface area contributed by atoms with E-state index in [1.807, 2.05) is 0 Å².